The number of esters is 2. The average molecular weight is 485 g/mol. The molecule has 3 N–H and O–H groups in total. The first-order valence-electron chi connectivity index (χ1n) is 10.9. The number of nitrogens with one attached hydrogen (secondary N) is 1. The van der Waals surface area contributed by atoms with Gasteiger partial charge in [0.1, 0.15) is 6.61 Å². The lowest BCUT2D eigenvalue weighted by Crippen LogP contribution is -2.47. The number of aromatic nitrogens is 2. The van der Waals surface area contributed by atoms with E-state index in [0.29, 0.717) is 46.8 Å². The van der Waals surface area contributed by atoms with Gasteiger partial charge in [0, 0.05) is 35.7 Å². The molecule has 0 fully saturated rings. The first-order chi connectivity index (χ1) is 15.8. The SMILES string of the molecule is CCNc1c2c(nc3cccc(N)c13)-c1cc3c(c(=O)n1C2)COC(=O)[C@@]3(CC)OC(C)=O.Cl. The number of hydrogen-bond donors (Lipinski definition) is 2. The Labute approximate surface area is 201 Å². The number of hydrogen-bond acceptors (Lipinski definition) is 8. The molecular weight excluding hydrogens is 460 g/mol. The minimum Gasteiger partial charge on any atom is -0.457 e. The van der Waals surface area contributed by atoms with Crippen LogP contribution in [0.5, 0.6) is 0 Å². The van der Waals surface area contributed by atoms with Gasteiger partial charge >= 0.3 is 11.9 Å². The van der Waals surface area contributed by atoms with Gasteiger partial charge in [0.2, 0.25) is 5.60 Å². The number of benzene rings is 1. The van der Waals surface area contributed by atoms with Gasteiger partial charge in [0.15, 0.2) is 0 Å². The van der Waals surface area contributed by atoms with E-state index in [1.807, 2.05) is 25.1 Å². The number of halogens is 1. The smallest absolute Gasteiger partial charge is 0.355 e. The summed E-state index contributed by atoms with van der Waals surface area (Å²) in [5, 5.41) is 4.20. The molecule has 0 amide bonds. The molecule has 5 rings (SSSR count). The number of pyridine rings is 2. The third-order valence-electron chi connectivity index (χ3n) is 6.39. The van der Waals surface area contributed by atoms with Gasteiger partial charge in [0.05, 0.1) is 34.7 Å². The third-order valence-corrected chi connectivity index (χ3v) is 6.39. The van der Waals surface area contributed by atoms with E-state index < -0.39 is 17.5 Å². The van der Waals surface area contributed by atoms with Crippen molar-refractivity contribution >= 4 is 46.6 Å². The molecule has 3 aromatic rings. The van der Waals surface area contributed by atoms with Crippen molar-refractivity contribution in [3.63, 3.8) is 0 Å². The molecule has 1 atom stereocenters. The minimum absolute atomic E-state index is 0. The average Bonchev–Trinajstić information content (AvgIpc) is 3.15. The van der Waals surface area contributed by atoms with E-state index >= 15 is 0 Å². The predicted octanol–water partition coefficient (Wildman–Crippen LogP) is 3.09. The van der Waals surface area contributed by atoms with Crippen molar-refractivity contribution in [3.8, 4) is 11.4 Å². The van der Waals surface area contributed by atoms with E-state index in [0.717, 1.165) is 16.6 Å². The molecule has 0 saturated carbocycles. The van der Waals surface area contributed by atoms with Gasteiger partial charge in [0.25, 0.3) is 5.56 Å². The molecule has 2 aromatic heterocycles. The van der Waals surface area contributed by atoms with Crippen molar-refractivity contribution in [3.05, 3.63) is 51.3 Å². The van der Waals surface area contributed by atoms with Gasteiger partial charge in [-0.3, -0.25) is 9.59 Å². The molecule has 10 heteroatoms. The highest BCUT2D eigenvalue weighted by Gasteiger charge is 2.50. The summed E-state index contributed by atoms with van der Waals surface area (Å²) in [6.07, 6.45) is 0.137. The number of ether oxygens (including phenoxy) is 2. The number of carbonyl (C=O) groups is 2. The molecule has 34 heavy (non-hydrogen) atoms. The van der Waals surface area contributed by atoms with Gasteiger partial charge in [-0.1, -0.05) is 13.0 Å². The number of cyclic esters (lactones) is 1. The number of nitrogens with zero attached hydrogens (tertiary/aromatic N) is 2. The zero-order valence-corrected chi connectivity index (χ0v) is 19.9. The number of anilines is 2. The second-order valence-corrected chi connectivity index (χ2v) is 8.25. The third kappa shape index (κ3) is 3.14. The van der Waals surface area contributed by atoms with E-state index in [2.05, 4.69) is 5.32 Å². The van der Waals surface area contributed by atoms with Gasteiger partial charge in [-0.15, -0.1) is 12.4 Å². The lowest BCUT2D eigenvalue weighted by atomic mass is 9.85. The van der Waals surface area contributed by atoms with E-state index in [-0.39, 0.29) is 31.0 Å². The highest BCUT2D eigenvalue weighted by molar-refractivity contribution is 6.04. The molecule has 1 aromatic carbocycles. The van der Waals surface area contributed by atoms with E-state index in [1.54, 1.807) is 17.6 Å². The maximum absolute atomic E-state index is 13.6. The summed E-state index contributed by atoms with van der Waals surface area (Å²) >= 11 is 0. The maximum atomic E-state index is 13.6. The van der Waals surface area contributed by atoms with Crippen LogP contribution < -0.4 is 16.6 Å². The van der Waals surface area contributed by atoms with E-state index in [4.69, 9.17) is 20.2 Å². The Kier molecular flexibility index (Phi) is 5.77. The largest absolute Gasteiger partial charge is 0.457 e. The minimum atomic E-state index is -1.66. The van der Waals surface area contributed by atoms with Crippen molar-refractivity contribution < 1.29 is 19.1 Å². The molecule has 9 nitrogen and oxygen atoms in total. The van der Waals surface area contributed by atoms with Crippen molar-refractivity contribution in [1.82, 2.24) is 9.55 Å². The van der Waals surface area contributed by atoms with Crippen LogP contribution in [-0.4, -0.2) is 28.0 Å². The van der Waals surface area contributed by atoms with Crippen LogP contribution in [-0.2, 0) is 37.8 Å². The number of nitrogens with two attached hydrogens (primary N) is 1. The lowest BCUT2D eigenvalue weighted by Gasteiger charge is -2.35. The molecule has 178 valence electrons. The second-order valence-electron chi connectivity index (χ2n) is 8.25. The van der Waals surface area contributed by atoms with Crippen LogP contribution in [0.15, 0.2) is 29.1 Å². The normalized spacial score (nSPS) is 17.8. The Bertz CT molecular complexity index is 1420. The quantitative estimate of drug-likeness (QED) is 0.334. The highest BCUT2D eigenvalue weighted by Crippen LogP contribution is 2.44. The van der Waals surface area contributed by atoms with Crippen LogP contribution in [0.25, 0.3) is 22.3 Å². The summed E-state index contributed by atoms with van der Waals surface area (Å²) in [5.74, 6) is -1.31. The van der Waals surface area contributed by atoms with Gasteiger partial charge in [-0.2, -0.15) is 0 Å². The molecule has 0 radical (unpaired) electrons. The number of nitrogen functional groups attached to an aromatic ring is 1. The topological polar surface area (TPSA) is 126 Å². The Hall–Kier alpha value is -3.59. The molecular formula is C24H25ClN4O5. The number of rotatable bonds is 4. The van der Waals surface area contributed by atoms with Crippen molar-refractivity contribution in [2.45, 2.75) is 45.9 Å². The highest BCUT2D eigenvalue weighted by atomic mass is 35.5. The monoisotopic (exact) mass is 484 g/mol. The zero-order valence-electron chi connectivity index (χ0n) is 19.1. The summed E-state index contributed by atoms with van der Waals surface area (Å²) in [5.41, 5.74) is 9.18. The lowest BCUT2D eigenvalue weighted by molar-refractivity contribution is -0.188. The van der Waals surface area contributed by atoms with E-state index in [1.165, 1.54) is 6.92 Å². The fourth-order valence-corrected chi connectivity index (χ4v) is 4.93. The summed E-state index contributed by atoms with van der Waals surface area (Å²) < 4.78 is 12.4. The van der Waals surface area contributed by atoms with Crippen molar-refractivity contribution in [2.24, 2.45) is 0 Å². The molecule has 4 heterocycles. The zero-order chi connectivity index (χ0) is 23.5. The van der Waals surface area contributed by atoms with Crippen molar-refractivity contribution in [1.29, 1.82) is 0 Å². The number of carbonyl (C=O) groups excluding carboxylic acids is 2. The Morgan fingerprint density at radius 1 is 1.29 bits per heavy atom. The van der Waals surface area contributed by atoms with Crippen LogP contribution >= 0.6 is 12.4 Å². The summed E-state index contributed by atoms with van der Waals surface area (Å²) in [7, 11) is 0. The number of fused-ring (bicyclic) bond motifs is 5. The standard InChI is InChI=1S/C24H24N4O5.ClH/c1-4-24(33-12(3)29)15-9-18-20-13(10-28(18)22(30)14(15)11-32-23(24)31)21(26-5-2)19-16(25)7-6-8-17(19)27-20;/h6-9H,4-5,10-11,25H2,1-3H3,(H,26,27);1H/t24-;/m0./s1. The van der Waals surface area contributed by atoms with Crippen molar-refractivity contribution in [2.75, 3.05) is 17.6 Å². The van der Waals surface area contributed by atoms with Crippen LogP contribution in [0.3, 0.4) is 0 Å². The molecule has 0 spiro atoms. The fraction of sp³-hybridized carbons (Fsp3) is 0.333. The van der Waals surface area contributed by atoms with Crippen LogP contribution in [0, 0.1) is 0 Å². The van der Waals surface area contributed by atoms with Gasteiger partial charge in [-0.25, -0.2) is 9.78 Å². The Balaban J connectivity index is 0.00000274. The van der Waals surface area contributed by atoms with Crippen LogP contribution in [0.2, 0.25) is 0 Å². The summed E-state index contributed by atoms with van der Waals surface area (Å²) in [6.45, 7) is 5.73. The Morgan fingerprint density at radius 2 is 2.06 bits per heavy atom. The maximum Gasteiger partial charge on any atom is 0.355 e. The predicted molar refractivity (Wildman–Crippen MR) is 130 cm³/mol. The molecule has 0 unspecified atom stereocenters. The molecule has 0 aliphatic carbocycles. The van der Waals surface area contributed by atoms with Crippen LogP contribution in [0.4, 0.5) is 11.4 Å². The van der Waals surface area contributed by atoms with E-state index in [9.17, 15) is 14.4 Å². The van der Waals surface area contributed by atoms with Crippen LogP contribution in [0.1, 0.15) is 43.9 Å². The fourth-order valence-electron chi connectivity index (χ4n) is 4.93. The first-order valence-corrected chi connectivity index (χ1v) is 10.9. The molecule has 0 bridgehead atoms. The molecule has 0 saturated heterocycles. The molecule has 2 aliphatic rings. The Morgan fingerprint density at radius 3 is 2.74 bits per heavy atom. The first kappa shape index (κ1) is 23.6. The second kappa shape index (κ2) is 8.32. The summed E-state index contributed by atoms with van der Waals surface area (Å²) in [6, 6.07) is 7.27. The summed E-state index contributed by atoms with van der Waals surface area (Å²) in [4.78, 5) is 43.1. The molecule has 2 aliphatic heterocycles. The van der Waals surface area contributed by atoms with Gasteiger partial charge < -0.3 is 25.1 Å². The van der Waals surface area contributed by atoms with Gasteiger partial charge in [-0.05, 0) is 31.5 Å².